The number of fused-ring (bicyclic) bond motifs is 8. The maximum atomic E-state index is 4.93. The number of H-pyrrole nitrogens is 2. The Kier molecular flexibility index (Phi) is 4.52. The van der Waals surface area contributed by atoms with E-state index >= 15 is 0 Å². The predicted molar refractivity (Wildman–Crippen MR) is 137 cm³/mol. The zero-order valence-electron chi connectivity index (χ0n) is 18.1. The lowest BCUT2D eigenvalue weighted by Crippen LogP contribution is -1.89. The quantitative estimate of drug-likeness (QED) is 0.289. The van der Waals surface area contributed by atoms with E-state index in [1.165, 1.54) is 0 Å². The highest BCUT2D eigenvalue weighted by atomic mass is 14.8. The van der Waals surface area contributed by atoms with Crippen molar-refractivity contribution >= 4 is 46.4 Å². The normalized spacial score (nSPS) is 11.9. The zero-order valence-corrected chi connectivity index (χ0v) is 18.1. The number of rotatable bonds is 1. The standard InChI is InChI=1S/C29H20N4/c1-2-3-19-4-6-20(7-5-19)29-27-14-12-25(32-27)17-23-10-8-21(30-23)16-22-9-11-24(31-22)18-26-13-15-28(29)33-26/h4-18,30-31H,1H3. The lowest BCUT2D eigenvalue weighted by atomic mass is 10.0. The van der Waals surface area contributed by atoms with Crippen molar-refractivity contribution in [3.8, 4) is 23.0 Å². The zero-order chi connectivity index (χ0) is 22.2. The summed E-state index contributed by atoms with van der Waals surface area (Å²) in [5, 5.41) is 0. The smallest absolute Gasteiger partial charge is 0.0737 e. The van der Waals surface area contributed by atoms with E-state index in [2.05, 4.69) is 88.6 Å². The van der Waals surface area contributed by atoms with E-state index in [-0.39, 0.29) is 0 Å². The van der Waals surface area contributed by atoms with E-state index in [1.54, 1.807) is 0 Å². The van der Waals surface area contributed by atoms with Gasteiger partial charge in [-0.25, -0.2) is 9.97 Å². The van der Waals surface area contributed by atoms with Crippen LogP contribution in [0.5, 0.6) is 0 Å². The molecule has 4 aromatic rings. The van der Waals surface area contributed by atoms with Crippen LogP contribution in [0, 0.1) is 11.8 Å². The third kappa shape index (κ3) is 3.77. The summed E-state index contributed by atoms with van der Waals surface area (Å²) in [7, 11) is 0. The van der Waals surface area contributed by atoms with E-state index in [4.69, 9.17) is 9.97 Å². The molecule has 3 aromatic heterocycles. The monoisotopic (exact) mass is 424 g/mol. The molecule has 0 atom stereocenters. The Balaban J connectivity index is 1.67. The Morgan fingerprint density at radius 3 is 1.64 bits per heavy atom. The molecule has 0 radical (unpaired) electrons. The van der Waals surface area contributed by atoms with Crippen molar-refractivity contribution < 1.29 is 0 Å². The fourth-order valence-electron chi connectivity index (χ4n) is 4.17. The van der Waals surface area contributed by atoms with Crippen molar-refractivity contribution in [3.63, 3.8) is 0 Å². The van der Waals surface area contributed by atoms with Crippen LogP contribution in [0.25, 0.3) is 57.5 Å². The fraction of sp³-hybridized carbons (Fsp3) is 0.0345. The van der Waals surface area contributed by atoms with Gasteiger partial charge in [0.05, 0.1) is 22.8 Å². The highest BCUT2D eigenvalue weighted by Gasteiger charge is 2.14. The summed E-state index contributed by atoms with van der Waals surface area (Å²) in [4.78, 5) is 16.7. The van der Waals surface area contributed by atoms with Crippen LogP contribution in [-0.4, -0.2) is 19.9 Å². The van der Waals surface area contributed by atoms with E-state index in [0.717, 1.165) is 61.5 Å². The van der Waals surface area contributed by atoms with Crippen molar-refractivity contribution in [2.24, 2.45) is 0 Å². The van der Waals surface area contributed by atoms with Gasteiger partial charge in [-0.15, -0.1) is 5.92 Å². The molecular weight excluding hydrogens is 404 g/mol. The summed E-state index contributed by atoms with van der Waals surface area (Å²) >= 11 is 0. The van der Waals surface area contributed by atoms with Crippen LogP contribution in [0.2, 0.25) is 0 Å². The number of hydrogen-bond donors (Lipinski definition) is 2. The van der Waals surface area contributed by atoms with E-state index in [1.807, 2.05) is 31.2 Å². The van der Waals surface area contributed by atoms with Gasteiger partial charge >= 0.3 is 0 Å². The van der Waals surface area contributed by atoms with Crippen LogP contribution in [-0.2, 0) is 0 Å². The Morgan fingerprint density at radius 2 is 1.12 bits per heavy atom. The second-order valence-corrected chi connectivity index (χ2v) is 8.01. The number of hydrogen-bond acceptors (Lipinski definition) is 2. The third-order valence-corrected chi connectivity index (χ3v) is 5.66. The Morgan fingerprint density at radius 1 is 0.606 bits per heavy atom. The summed E-state index contributed by atoms with van der Waals surface area (Å²) in [6, 6.07) is 22.7. The summed E-state index contributed by atoms with van der Waals surface area (Å²) in [6.45, 7) is 1.85. The molecule has 5 heterocycles. The van der Waals surface area contributed by atoms with Crippen LogP contribution >= 0.6 is 0 Å². The Labute approximate surface area is 191 Å². The molecule has 6 rings (SSSR count). The van der Waals surface area contributed by atoms with E-state index in [9.17, 15) is 0 Å². The Hall–Kier alpha value is -4.62. The number of benzene rings is 1. The van der Waals surface area contributed by atoms with Gasteiger partial charge in [-0.2, -0.15) is 0 Å². The largest absolute Gasteiger partial charge is 0.355 e. The first-order valence-electron chi connectivity index (χ1n) is 10.8. The number of nitrogens with zero attached hydrogens (tertiary/aromatic N) is 2. The molecule has 0 saturated heterocycles. The topological polar surface area (TPSA) is 57.4 Å². The average molecular weight is 425 g/mol. The maximum absolute atomic E-state index is 4.93. The molecule has 2 aliphatic heterocycles. The molecule has 0 spiro atoms. The molecule has 0 unspecified atom stereocenters. The lowest BCUT2D eigenvalue weighted by Gasteiger charge is -2.05. The van der Waals surface area contributed by atoms with E-state index in [0.29, 0.717) is 0 Å². The highest BCUT2D eigenvalue weighted by Crippen LogP contribution is 2.31. The summed E-state index contributed by atoms with van der Waals surface area (Å²) < 4.78 is 0. The molecule has 4 heteroatoms. The second kappa shape index (κ2) is 7.81. The molecule has 4 nitrogen and oxygen atoms in total. The summed E-state index contributed by atoms with van der Waals surface area (Å²) in [5.41, 5.74) is 10.7. The van der Waals surface area contributed by atoms with Gasteiger partial charge in [0.2, 0.25) is 0 Å². The minimum Gasteiger partial charge on any atom is -0.355 e. The molecular formula is C29H20N4. The first-order valence-corrected chi connectivity index (χ1v) is 10.8. The highest BCUT2D eigenvalue weighted by molar-refractivity contribution is 5.89. The first kappa shape index (κ1) is 19.1. The molecule has 0 saturated carbocycles. The van der Waals surface area contributed by atoms with Crippen LogP contribution in [0.3, 0.4) is 0 Å². The maximum Gasteiger partial charge on any atom is 0.0737 e. The summed E-state index contributed by atoms with van der Waals surface area (Å²) in [5.74, 6) is 6.06. The van der Waals surface area contributed by atoms with Crippen LogP contribution < -0.4 is 0 Å². The van der Waals surface area contributed by atoms with Gasteiger partial charge in [0, 0.05) is 33.2 Å². The lowest BCUT2D eigenvalue weighted by molar-refractivity contribution is 1.28. The molecule has 156 valence electrons. The number of aromatic amines is 2. The van der Waals surface area contributed by atoms with Gasteiger partial charge in [0.25, 0.3) is 0 Å². The van der Waals surface area contributed by atoms with Gasteiger partial charge in [0.1, 0.15) is 0 Å². The molecule has 1 aromatic carbocycles. The number of aromatic nitrogens is 4. The van der Waals surface area contributed by atoms with Gasteiger partial charge < -0.3 is 9.97 Å². The molecule has 2 aliphatic rings. The third-order valence-electron chi connectivity index (χ3n) is 5.66. The molecule has 0 amide bonds. The average Bonchev–Trinajstić information content (AvgIpc) is 3.61. The Bertz CT molecular complexity index is 1570. The van der Waals surface area contributed by atoms with Crippen molar-refractivity contribution in [2.45, 2.75) is 6.92 Å². The molecule has 0 fully saturated rings. The fourth-order valence-corrected chi connectivity index (χ4v) is 4.17. The predicted octanol–water partition coefficient (Wildman–Crippen LogP) is 6.69. The second-order valence-electron chi connectivity index (χ2n) is 8.01. The molecule has 33 heavy (non-hydrogen) atoms. The van der Waals surface area contributed by atoms with Gasteiger partial charge in [-0.05, 0) is 91.4 Å². The van der Waals surface area contributed by atoms with Crippen molar-refractivity contribution in [1.82, 2.24) is 19.9 Å². The van der Waals surface area contributed by atoms with Crippen molar-refractivity contribution in [2.75, 3.05) is 0 Å². The SMILES string of the molecule is CC#Cc1ccc(-c2c3nc(cc4ccc(cc5ccc(cc6nc2C=C6)[nH]5)[nH]4)C=C3)cc1. The first-order chi connectivity index (χ1) is 16.2. The summed E-state index contributed by atoms with van der Waals surface area (Å²) in [6.07, 6.45) is 8.21. The van der Waals surface area contributed by atoms with Crippen LogP contribution in [0.4, 0.5) is 0 Å². The van der Waals surface area contributed by atoms with Crippen molar-refractivity contribution in [3.05, 3.63) is 95.1 Å². The van der Waals surface area contributed by atoms with Crippen molar-refractivity contribution in [1.29, 1.82) is 0 Å². The van der Waals surface area contributed by atoms with Crippen LogP contribution in [0.1, 0.15) is 35.3 Å². The van der Waals surface area contributed by atoms with Gasteiger partial charge in [-0.1, -0.05) is 18.1 Å². The van der Waals surface area contributed by atoms with Crippen LogP contribution in [0.15, 0.2) is 66.7 Å². The van der Waals surface area contributed by atoms with E-state index < -0.39 is 0 Å². The number of nitrogens with one attached hydrogen (secondary N) is 2. The minimum atomic E-state index is 0.896. The molecule has 8 bridgehead atoms. The molecule has 0 aliphatic carbocycles. The minimum absolute atomic E-state index is 0.896. The molecule has 2 N–H and O–H groups in total. The van der Waals surface area contributed by atoms with Gasteiger partial charge in [0.15, 0.2) is 0 Å². The van der Waals surface area contributed by atoms with Gasteiger partial charge in [-0.3, -0.25) is 0 Å².